The molecule has 2 atom stereocenters. The fourth-order valence-corrected chi connectivity index (χ4v) is 5.48. The summed E-state index contributed by atoms with van der Waals surface area (Å²) in [7, 11) is 0. The molecule has 5 rings (SSSR count). The second-order valence-electron chi connectivity index (χ2n) is 8.94. The van der Waals surface area contributed by atoms with Crippen molar-refractivity contribution in [2.45, 2.75) is 63.2 Å². The van der Waals surface area contributed by atoms with Crippen LogP contribution in [-0.2, 0) is 22.7 Å². The van der Waals surface area contributed by atoms with Gasteiger partial charge >= 0.3 is 0 Å². The Balaban J connectivity index is 1.21. The number of amides is 3. The minimum absolute atomic E-state index is 0.113. The van der Waals surface area contributed by atoms with Gasteiger partial charge in [-0.3, -0.25) is 19.7 Å². The van der Waals surface area contributed by atoms with Gasteiger partial charge in [0.05, 0.1) is 0 Å². The van der Waals surface area contributed by atoms with Crippen molar-refractivity contribution in [1.82, 2.24) is 20.9 Å². The molecule has 4 aliphatic rings. The summed E-state index contributed by atoms with van der Waals surface area (Å²) in [6, 6.07) is 5.41. The molecule has 2 saturated heterocycles. The molecule has 29 heavy (non-hydrogen) atoms. The number of nitrogens with zero attached hydrogens (tertiary/aromatic N) is 1. The molecule has 1 aromatic carbocycles. The number of carbonyl (C=O) groups is 3. The van der Waals surface area contributed by atoms with Crippen molar-refractivity contribution in [2.24, 2.45) is 5.92 Å². The van der Waals surface area contributed by atoms with Crippen LogP contribution in [0, 0.1) is 5.92 Å². The molecule has 7 nitrogen and oxygen atoms in total. The molecule has 154 valence electrons. The van der Waals surface area contributed by atoms with Gasteiger partial charge in [-0.05, 0) is 61.8 Å². The molecule has 2 unspecified atom stereocenters. The molecule has 0 aromatic heterocycles. The highest BCUT2D eigenvalue weighted by Crippen LogP contribution is 2.42. The third-order valence-electron chi connectivity index (χ3n) is 7.30. The van der Waals surface area contributed by atoms with Crippen LogP contribution < -0.4 is 16.0 Å². The minimum Gasteiger partial charge on any atom is -0.322 e. The highest BCUT2D eigenvalue weighted by molar-refractivity contribution is 6.05. The number of nitrogens with one attached hydrogen (secondary N) is 3. The van der Waals surface area contributed by atoms with E-state index < -0.39 is 6.04 Å². The van der Waals surface area contributed by atoms with E-state index in [0.29, 0.717) is 30.0 Å². The summed E-state index contributed by atoms with van der Waals surface area (Å²) in [6.45, 7) is 3.37. The van der Waals surface area contributed by atoms with Gasteiger partial charge in [0.1, 0.15) is 6.04 Å². The summed E-state index contributed by atoms with van der Waals surface area (Å²) < 4.78 is 0. The van der Waals surface area contributed by atoms with Crippen molar-refractivity contribution in [2.75, 3.05) is 13.1 Å². The second-order valence-corrected chi connectivity index (χ2v) is 8.94. The van der Waals surface area contributed by atoms with Gasteiger partial charge in [0, 0.05) is 37.2 Å². The van der Waals surface area contributed by atoms with E-state index in [9.17, 15) is 14.4 Å². The maximum absolute atomic E-state index is 12.8. The molecule has 1 spiro atoms. The predicted molar refractivity (Wildman–Crippen MR) is 107 cm³/mol. The number of piperidine rings is 1. The first-order valence-electron chi connectivity index (χ1n) is 10.8. The van der Waals surface area contributed by atoms with E-state index in [2.05, 4.69) is 22.0 Å². The Kier molecular flexibility index (Phi) is 4.67. The fourth-order valence-electron chi connectivity index (χ4n) is 5.48. The van der Waals surface area contributed by atoms with Crippen LogP contribution in [0.5, 0.6) is 0 Å². The van der Waals surface area contributed by atoms with Crippen LogP contribution in [-0.4, -0.2) is 47.3 Å². The average molecular weight is 396 g/mol. The van der Waals surface area contributed by atoms with E-state index in [1.807, 2.05) is 12.1 Å². The molecule has 0 radical (unpaired) electrons. The van der Waals surface area contributed by atoms with E-state index in [4.69, 9.17) is 0 Å². The second kappa shape index (κ2) is 7.22. The van der Waals surface area contributed by atoms with Crippen molar-refractivity contribution in [3.63, 3.8) is 0 Å². The van der Waals surface area contributed by atoms with Crippen molar-refractivity contribution in [3.8, 4) is 0 Å². The number of benzene rings is 1. The van der Waals surface area contributed by atoms with Gasteiger partial charge in [-0.15, -0.1) is 0 Å². The summed E-state index contributed by atoms with van der Waals surface area (Å²) >= 11 is 0. The summed E-state index contributed by atoms with van der Waals surface area (Å²) in [4.78, 5) is 37.9. The molecule has 3 aliphatic heterocycles. The van der Waals surface area contributed by atoms with Gasteiger partial charge in [-0.25, -0.2) is 0 Å². The number of hydrogen-bond acceptors (Lipinski definition) is 5. The van der Waals surface area contributed by atoms with Crippen LogP contribution in [0.25, 0.3) is 0 Å². The summed E-state index contributed by atoms with van der Waals surface area (Å²) in [5, 5.41) is 9.68. The summed E-state index contributed by atoms with van der Waals surface area (Å²) in [6.07, 6.45) is 5.87. The minimum atomic E-state index is -0.553. The number of hydrogen-bond donors (Lipinski definition) is 3. The third-order valence-corrected chi connectivity index (χ3v) is 7.30. The Morgan fingerprint density at radius 3 is 2.79 bits per heavy atom. The standard InChI is InChI=1S/C22H28N4O3/c27-19-5-4-18(20(28)25-19)26-13-15-10-14(2-3-17(15)21(26)29)11-23-12-16-6-9-24-22(16)7-1-8-22/h2-3,10,16,18,23-24H,1,4-9,11-13H2,(H,25,27,28). The molecular weight excluding hydrogens is 368 g/mol. The van der Waals surface area contributed by atoms with E-state index in [0.717, 1.165) is 30.8 Å². The van der Waals surface area contributed by atoms with Crippen LogP contribution in [0.1, 0.15) is 60.0 Å². The van der Waals surface area contributed by atoms with E-state index in [-0.39, 0.29) is 24.1 Å². The van der Waals surface area contributed by atoms with Crippen molar-refractivity contribution >= 4 is 17.7 Å². The number of fused-ring (bicyclic) bond motifs is 1. The monoisotopic (exact) mass is 396 g/mol. The lowest BCUT2D eigenvalue weighted by molar-refractivity contribution is -0.136. The molecule has 3 amide bonds. The molecule has 3 heterocycles. The molecule has 0 bridgehead atoms. The molecule has 3 N–H and O–H groups in total. The van der Waals surface area contributed by atoms with Gasteiger partial charge in [0.2, 0.25) is 11.8 Å². The zero-order valence-electron chi connectivity index (χ0n) is 16.6. The molecular formula is C22H28N4O3. The fraction of sp³-hybridized carbons (Fsp3) is 0.591. The van der Waals surface area contributed by atoms with Crippen LogP contribution in [0.2, 0.25) is 0 Å². The van der Waals surface area contributed by atoms with Gasteiger partial charge in [0.15, 0.2) is 0 Å². The van der Waals surface area contributed by atoms with Gasteiger partial charge in [-0.1, -0.05) is 12.1 Å². The zero-order chi connectivity index (χ0) is 20.0. The van der Waals surface area contributed by atoms with Gasteiger partial charge in [0.25, 0.3) is 5.91 Å². The van der Waals surface area contributed by atoms with Crippen molar-refractivity contribution in [3.05, 3.63) is 34.9 Å². The lowest BCUT2D eigenvalue weighted by atomic mass is 9.69. The predicted octanol–water partition coefficient (Wildman–Crippen LogP) is 1.07. The van der Waals surface area contributed by atoms with Crippen LogP contribution in [0.15, 0.2) is 18.2 Å². The van der Waals surface area contributed by atoms with Gasteiger partial charge in [-0.2, -0.15) is 0 Å². The van der Waals surface area contributed by atoms with E-state index >= 15 is 0 Å². The van der Waals surface area contributed by atoms with Crippen LogP contribution in [0.4, 0.5) is 0 Å². The SMILES string of the molecule is O=C1CCC(N2Cc3cc(CNCC4CCNC45CCC5)ccc3C2=O)C(=O)N1. The first-order valence-corrected chi connectivity index (χ1v) is 10.8. The summed E-state index contributed by atoms with van der Waals surface area (Å²) in [5.41, 5.74) is 3.19. The summed E-state index contributed by atoms with van der Waals surface area (Å²) in [5.74, 6) is -0.0301. The Morgan fingerprint density at radius 1 is 1.17 bits per heavy atom. The first-order chi connectivity index (χ1) is 14.1. The third kappa shape index (κ3) is 3.26. The normalized spacial score (nSPS) is 27.9. The van der Waals surface area contributed by atoms with Crippen LogP contribution in [0.3, 0.4) is 0 Å². The number of imide groups is 1. The smallest absolute Gasteiger partial charge is 0.255 e. The quantitative estimate of drug-likeness (QED) is 0.648. The molecule has 1 aliphatic carbocycles. The maximum Gasteiger partial charge on any atom is 0.255 e. The Hall–Kier alpha value is -2.25. The first kappa shape index (κ1) is 18.8. The van der Waals surface area contributed by atoms with Gasteiger partial charge < -0.3 is 15.5 Å². The molecule has 7 heteroatoms. The van der Waals surface area contributed by atoms with E-state index in [1.165, 1.54) is 25.7 Å². The topological polar surface area (TPSA) is 90.5 Å². The highest BCUT2D eigenvalue weighted by atomic mass is 16.2. The Morgan fingerprint density at radius 2 is 2.03 bits per heavy atom. The molecule has 1 saturated carbocycles. The maximum atomic E-state index is 12.8. The number of rotatable bonds is 5. The molecule has 3 fully saturated rings. The largest absolute Gasteiger partial charge is 0.322 e. The van der Waals surface area contributed by atoms with Crippen LogP contribution >= 0.6 is 0 Å². The lowest BCUT2D eigenvalue weighted by Crippen LogP contribution is -2.53. The lowest BCUT2D eigenvalue weighted by Gasteiger charge is -2.44. The van der Waals surface area contributed by atoms with Crippen molar-refractivity contribution < 1.29 is 14.4 Å². The van der Waals surface area contributed by atoms with Crippen molar-refractivity contribution in [1.29, 1.82) is 0 Å². The average Bonchev–Trinajstić information content (AvgIpc) is 3.23. The molecule has 1 aromatic rings. The Bertz CT molecular complexity index is 864. The zero-order valence-corrected chi connectivity index (χ0v) is 16.6. The number of carbonyl (C=O) groups excluding carboxylic acids is 3. The Labute approximate surface area is 170 Å². The van der Waals surface area contributed by atoms with E-state index in [1.54, 1.807) is 4.90 Å². The highest BCUT2D eigenvalue weighted by Gasteiger charge is 2.46.